The zero-order chi connectivity index (χ0) is 10.3. The van der Waals surface area contributed by atoms with Crippen LogP contribution in [-0.4, -0.2) is 30.0 Å². The molecule has 0 saturated carbocycles. The van der Waals surface area contributed by atoms with Gasteiger partial charge in [0.05, 0.1) is 5.41 Å². The van der Waals surface area contributed by atoms with Gasteiger partial charge in [-0.25, -0.2) is 0 Å². The van der Waals surface area contributed by atoms with Crippen molar-refractivity contribution in [3.63, 3.8) is 0 Å². The second-order valence-corrected chi connectivity index (χ2v) is 3.97. The van der Waals surface area contributed by atoms with Crippen molar-refractivity contribution in [2.24, 2.45) is 5.41 Å². The van der Waals surface area contributed by atoms with Crippen molar-refractivity contribution in [2.75, 3.05) is 19.0 Å². The minimum atomic E-state index is -0.499. The van der Waals surface area contributed by atoms with Gasteiger partial charge in [-0.3, -0.25) is 4.79 Å². The second-order valence-electron chi connectivity index (χ2n) is 3.70. The fourth-order valence-corrected chi connectivity index (χ4v) is 0.860. The highest BCUT2D eigenvalue weighted by Gasteiger charge is 2.25. The number of hydrogen-bond acceptors (Lipinski definition) is 2. The lowest BCUT2D eigenvalue weighted by Gasteiger charge is -2.20. The summed E-state index contributed by atoms with van der Waals surface area (Å²) in [6, 6.07) is 0. The van der Waals surface area contributed by atoms with Crippen LogP contribution in [0.1, 0.15) is 26.7 Å². The summed E-state index contributed by atoms with van der Waals surface area (Å²) in [6.45, 7) is 4.40. The molecule has 0 fully saturated rings. The normalized spacial score (nSPS) is 11.4. The van der Waals surface area contributed by atoms with Gasteiger partial charge in [0.1, 0.15) is 0 Å². The molecule has 0 spiro atoms. The molecule has 0 aliphatic carbocycles. The third-order valence-corrected chi connectivity index (χ3v) is 2.49. The van der Waals surface area contributed by atoms with Crippen molar-refractivity contribution in [1.82, 2.24) is 5.32 Å². The molecule has 13 heavy (non-hydrogen) atoms. The van der Waals surface area contributed by atoms with E-state index in [4.69, 9.17) is 16.7 Å². The van der Waals surface area contributed by atoms with Crippen LogP contribution in [0.15, 0.2) is 0 Å². The smallest absolute Gasteiger partial charge is 0.226 e. The Labute approximate surface area is 84.5 Å². The summed E-state index contributed by atoms with van der Waals surface area (Å²) in [7, 11) is 0. The van der Waals surface area contributed by atoms with Crippen molar-refractivity contribution in [3.8, 4) is 0 Å². The SMILES string of the molecule is CC(C)(CCl)C(=O)NCCCCO. The second kappa shape index (κ2) is 6.22. The van der Waals surface area contributed by atoms with Gasteiger partial charge in [-0.1, -0.05) is 0 Å². The number of carbonyl (C=O) groups excluding carboxylic acids is 1. The molecule has 0 saturated heterocycles. The summed E-state index contributed by atoms with van der Waals surface area (Å²) >= 11 is 5.63. The Bertz CT molecular complexity index is 160. The summed E-state index contributed by atoms with van der Waals surface area (Å²) in [6.07, 6.45) is 1.53. The van der Waals surface area contributed by atoms with Gasteiger partial charge >= 0.3 is 0 Å². The van der Waals surface area contributed by atoms with Crippen molar-refractivity contribution in [2.45, 2.75) is 26.7 Å². The van der Waals surface area contributed by atoms with Crippen LogP contribution in [0.4, 0.5) is 0 Å². The van der Waals surface area contributed by atoms with Crippen molar-refractivity contribution < 1.29 is 9.90 Å². The lowest BCUT2D eigenvalue weighted by Crippen LogP contribution is -2.38. The van der Waals surface area contributed by atoms with E-state index in [1.165, 1.54) is 0 Å². The molecule has 0 radical (unpaired) electrons. The number of carbonyl (C=O) groups is 1. The molecular weight excluding hydrogens is 190 g/mol. The molecule has 1 amide bonds. The topological polar surface area (TPSA) is 49.3 Å². The predicted octanol–water partition coefficient (Wildman–Crippen LogP) is 1.14. The standard InChI is InChI=1S/C9H18ClNO2/c1-9(2,7-10)8(13)11-5-3-4-6-12/h12H,3-7H2,1-2H3,(H,11,13). The fourth-order valence-electron chi connectivity index (χ4n) is 0.739. The van der Waals surface area contributed by atoms with Gasteiger partial charge in [-0.15, -0.1) is 11.6 Å². The van der Waals surface area contributed by atoms with E-state index in [0.717, 1.165) is 12.8 Å². The van der Waals surface area contributed by atoms with Crippen LogP contribution < -0.4 is 5.32 Å². The van der Waals surface area contributed by atoms with Gasteiger partial charge in [-0.05, 0) is 26.7 Å². The van der Waals surface area contributed by atoms with Gasteiger partial charge < -0.3 is 10.4 Å². The van der Waals surface area contributed by atoms with E-state index in [-0.39, 0.29) is 12.5 Å². The summed E-state index contributed by atoms with van der Waals surface area (Å²) in [5.41, 5.74) is -0.499. The van der Waals surface area contributed by atoms with Crippen LogP contribution in [0.3, 0.4) is 0 Å². The van der Waals surface area contributed by atoms with Gasteiger partial charge in [0.15, 0.2) is 0 Å². The van der Waals surface area contributed by atoms with E-state index in [1.807, 2.05) is 0 Å². The number of aliphatic hydroxyl groups is 1. The Hall–Kier alpha value is -0.280. The highest BCUT2D eigenvalue weighted by Crippen LogP contribution is 2.16. The van der Waals surface area contributed by atoms with E-state index in [2.05, 4.69) is 5.32 Å². The Morgan fingerprint density at radius 2 is 2.08 bits per heavy atom. The molecule has 0 bridgehead atoms. The molecule has 0 heterocycles. The van der Waals surface area contributed by atoms with Crippen LogP contribution in [0.5, 0.6) is 0 Å². The minimum absolute atomic E-state index is 0.0274. The lowest BCUT2D eigenvalue weighted by atomic mass is 9.95. The predicted molar refractivity (Wildman–Crippen MR) is 53.8 cm³/mol. The molecular formula is C9H18ClNO2. The number of unbranched alkanes of at least 4 members (excludes halogenated alkanes) is 1. The van der Waals surface area contributed by atoms with Gasteiger partial charge in [0.25, 0.3) is 0 Å². The van der Waals surface area contributed by atoms with Crippen molar-refractivity contribution >= 4 is 17.5 Å². The van der Waals surface area contributed by atoms with Crippen LogP contribution in [-0.2, 0) is 4.79 Å². The zero-order valence-electron chi connectivity index (χ0n) is 8.27. The fraction of sp³-hybridized carbons (Fsp3) is 0.889. The lowest BCUT2D eigenvalue weighted by molar-refractivity contribution is -0.128. The van der Waals surface area contributed by atoms with Gasteiger partial charge in [-0.2, -0.15) is 0 Å². The first-order valence-electron chi connectivity index (χ1n) is 4.49. The van der Waals surface area contributed by atoms with Gasteiger partial charge in [0.2, 0.25) is 5.91 Å². The Kier molecular flexibility index (Phi) is 6.08. The highest BCUT2D eigenvalue weighted by molar-refractivity contribution is 6.19. The summed E-state index contributed by atoms with van der Waals surface area (Å²) in [5, 5.41) is 11.3. The van der Waals surface area contributed by atoms with E-state index >= 15 is 0 Å². The maximum Gasteiger partial charge on any atom is 0.226 e. The number of hydrogen-bond donors (Lipinski definition) is 2. The van der Waals surface area contributed by atoms with Gasteiger partial charge in [0, 0.05) is 19.0 Å². The molecule has 0 unspecified atom stereocenters. The molecule has 0 rings (SSSR count). The molecule has 0 aromatic heterocycles. The maximum atomic E-state index is 11.4. The number of rotatable bonds is 6. The summed E-state index contributed by atoms with van der Waals surface area (Å²) in [4.78, 5) is 11.4. The Morgan fingerprint density at radius 3 is 2.54 bits per heavy atom. The number of nitrogens with one attached hydrogen (secondary N) is 1. The van der Waals surface area contributed by atoms with E-state index < -0.39 is 5.41 Å². The number of amides is 1. The molecule has 0 aromatic rings. The number of alkyl halides is 1. The average Bonchev–Trinajstić information content (AvgIpc) is 2.12. The van der Waals surface area contributed by atoms with Crippen LogP contribution >= 0.6 is 11.6 Å². The third-order valence-electron chi connectivity index (χ3n) is 1.82. The maximum absolute atomic E-state index is 11.4. The molecule has 4 heteroatoms. The van der Waals surface area contributed by atoms with E-state index in [9.17, 15) is 4.79 Å². The Balaban J connectivity index is 3.62. The number of halogens is 1. The first-order chi connectivity index (χ1) is 6.04. The summed E-state index contributed by atoms with van der Waals surface area (Å²) < 4.78 is 0. The van der Waals surface area contributed by atoms with Crippen molar-refractivity contribution in [1.29, 1.82) is 0 Å². The summed E-state index contributed by atoms with van der Waals surface area (Å²) in [5.74, 6) is 0.291. The first kappa shape index (κ1) is 12.7. The molecule has 0 aromatic carbocycles. The van der Waals surface area contributed by atoms with Crippen molar-refractivity contribution in [3.05, 3.63) is 0 Å². The van der Waals surface area contributed by atoms with E-state index in [0.29, 0.717) is 12.4 Å². The van der Waals surface area contributed by atoms with Crippen LogP contribution in [0.25, 0.3) is 0 Å². The minimum Gasteiger partial charge on any atom is -0.396 e. The molecule has 78 valence electrons. The van der Waals surface area contributed by atoms with E-state index in [1.54, 1.807) is 13.8 Å². The van der Waals surface area contributed by atoms with Crippen LogP contribution in [0, 0.1) is 5.41 Å². The monoisotopic (exact) mass is 207 g/mol. The highest BCUT2D eigenvalue weighted by atomic mass is 35.5. The molecule has 2 N–H and O–H groups in total. The molecule has 0 aliphatic heterocycles. The quantitative estimate of drug-likeness (QED) is 0.507. The zero-order valence-corrected chi connectivity index (χ0v) is 9.02. The molecule has 0 aliphatic rings. The molecule has 3 nitrogen and oxygen atoms in total. The average molecular weight is 208 g/mol. The third kappa shape index (κ3) is 5.11. The number of aliphatic hydroxyl groups excluding tert-OH is 1. The first-order valence-corrected chi connectivity index (χ1v) is 5.03. The molecule has 0 atom stereocenters. The Morgan fingerprint density at radius 1 is 1.46 bits per heavy atom. The largest absolute Gasteiger partial charge is 0.396 e. The van der Waals surface area contributed by atoms with Crippen LogP contribution in [0.2, 0.25) is 0 Å².